The number of rotatable bonds is 7. The highest BCUT2D eigenvalue weighted by atomic mass is 31.2. The molecule has 2 rings (SSSR count). The Morgan fingerprint density at radius 1 is 0.617 bits per heavy atom. The van der Waals surface area contributed by atoms with Gasteiger partial charge < -0.3 is 49.4 Å². The molecule has 10 nitrogen and oxygen atoms in total. The summed E-state index contributed by atoms with van der Waals surface area (Å²) < 4.78 is 7.00. The van der Waals surface area contributed by atoms with Crippen molar-refractivity contribution in [2.24, 2.45) is 37.9 Å². The first-order chi connectivity index (χ1) is 20.9. The van der Waals surface area contributed by atoms with Crippen LogP contribution in [0.5, 0.6) is 0 Å². The smallest absolute Gasteiger partial charge is 0.324 e. The lowest BCUT2D eigenvalue weighted by atomic mass is 9.58. The van der Waals surface area contributed by atoms with Crippen molar-refractivity contribution in [2.45, 2.75) is 116 Å². The minimum Gasteiger partial charge on any atom is -0.485 e. The topological polar surface area (TPSA) is 191 Å². The van der Waals surface area contributed by atoms with Gasteiger partial charge in [-0.25, -0.2) is 0 Å². The van der Waals surface area contributed by atoms with E-state index in [1.165, 1.54) is 11.1 Å². The normalized spacial score (nSPS) is 23.4. The maximum absolute atomic E-state index is 10.7. The molecule has 0 aromatic carbocycles. The minimum absolute atomic E-state index is 0.0371. The standard InChI is InChI=1S/C35H60O4.2H3O3P/c1-29(2,3)25-19-33(13,31(7,8)9)17-15-24(25)28(35(21-36,22-37)23-38)39-27-16-18-34(14,32(10,11)12)20-26(27)30(4,5)6;2*1-4(2)3/h15-18,28,36-38H,19-23H2,1-14H3;2*1-3H. The van der Waals surface area contributed by atoms with Gasteiger partial charge in [-0.15, -0.1) is 0 Å². The summed E-state index contributed by atoms with van der Waals surface area (Å²) >= 11 is 0. The van der Waals surface area contributed by atoms with E-state index in [-0.39, 0.29) is 32.5 Å². The molecule has 3 atom stereocenters. The molecular weight excluding hydrogens is 642 g/mol. The molecule has 47 heavy (non-hydrogen) atoms. The molecule has 3 unspecified atom stereocenters. The van der Waals surface area contributed by atoms with E-state index in [2.05, 4.69) is 121 Å². The quantitative estimate of drug-likeness (QED) is 0.134. The second kappa shape index (κ2) is 17.0. The first kappa shape index (κ1) is 46.3. The van der Waals surface area contributed by atoms with Gasteiger partial charge in [0, 0.05) is 0 Å². The Hall–Kier alpha value is -0.740. The summed E-state index contributed by atoms with van der Waals surface area (Å²) in [6.07, 6.45) is 9.76. The van der Waals surface area contributed by atoms with E-state index in [1.54, 1.807) is 0 Å². The fraction of sp³-hybridized carbons (Fsp3) is 0.771. The summed E-state index contributed by atoms with van der Waals surface area (Å²) in [6.45, 7) is 30.4. The van der Waals surface area contributed by atoms with Crippen molar-refractivity contribution in [3.8, 4) is 0 Å². The molecule has 0 fully saturated rings. The molecule has 0 radical (unpaired) electrons. The van der Waals surface area contributed by atoms with E-state index < -0.39 is 48.5 Å². The van der Waals surface area contributed by atoms with Gasteiger partial charge in [-0.2, -0.15) is 0 Å². The van der Waals surface area contributed by atoms with Crippen molar-refractivity contribution in [2.75, 3.05) is 19.8 Å². The SMILES string of the molecule is CC(C)(C)C1=C(OC(C2=C(C(C)(C)C)CC(C)(C(C)(C)C)C=C2)C(CO)(CO)CO)C=CC(C)(C(C)(C)C)C1.OP(O)O.OP(O)O. The zero-order valence-electron chi connectivity index (χ0n) is 31.2. The first-order valence-corrected chi connectivity index (χ1v) is 18.4. The molecule has 12 heteroatoms. The van der Waals surface area contributed by atoms with Gasteiger partial charge >= 0.3 is 17.2 Å². The molecule has 0 saturated heterocycles. The maximum Gasteiger partial charge on any atom is 0.324 e. The van der Waals surface area contributed by atoms with Gasteiger partial charge in [0.1, 0.15) is 11.9 Å². The Labute approximate surface area is 286 Å². The molecule has 0 aliphatic heterocycles. The Morgan fingerprint density at radius 2 is 0.936 bits per heavy atom. The molecule has 0 saturated carbocycles. The predicted octanol–water partition coefficient (Wildman–Crippen LogP) is 6.38. The summed E-state index contributed by atoms with van der Waals surface area (Å²) in [4.78, 5) is 43.4. The largest absolute Gasteiger partial charge is 0.485 e. The van der Waals surface area contributed by atoms with E-state index in [1.807, 2.05) is 0 Å². The Bertz CT molecular complexity index is 1110. The van der Waals surface area contributed by atoms with Crippen molar-refractivity contribution in [3.63, 3.8) is 0 Å². The molecule has 0 bridgehead atoms. The minimum atomic E-state index is -2.62. The fourth-order valence-electron chi connectivity index (χ4n) is 5.54. The third-order valence-electron chi connectivity index (χ3n) is 10.2. The number of hydrogen-bond acceptors (Lipinski definition) is 10. The Morgan fingerprint density at radius 3 is 1.23 bits per heavy atom. The summed E-state index contributed by atoms with van der Waals surface area (Å²) in [5.41, 5.74) is 1.82. The predicted molar refractivity (Wildman–Crippen MR) is 191 cm³/mol. The second-order valence-electron chi connectivity index (χ2n) is 17.5. The number of ether oxygens (including phenoxy) is 1. The Kier molecular flexibility index (Phi) is 16.7. The summed E-state index contributed by atoms with van der Waals surface area (Å²) in [7, 11) is -5.24. The lowest BCUT2D eigenvalue weighted by molar-refractivity contribution is -0.0785. The lowest BCUT2D eigenvalue weighted by Crippen LogP contribution is -2.49. The van der Waals surface area contributed by atoms with Crippen molar-refractivity contribution < 1.29 is 49.4 Å². The van der Waals surface area contributed by atoms with Crippen molar-refractivity contribution in [3.05, 3.63) is 46.8 Å². The Balaban J connectivity index is 0.00000236. The zero-order chi connectivity index (χ0) is 37.6. The van der Waals surface area contributed by atoms with Crippen LogP contribution >= 0.6 is 17.2 Å². The van der Waals surface area contributed by atoms with E-state index >= 15 is 0 Å². The second-order valence-corrected chi connectivity index (χ2v) is 18.6. The van der Waals surface area contributed by atoms with Gasteiger partial charge in [-0.1, -0.05) is 121 Å². The molecular formula is C35H66O10P2. The van der Waals surface area contributed by atoms with Crippen molar-refractivity contribution >= 4 is 17.2 Å². The van der Waals surface area contributed by atoms with Crippen LogP contribution in [-0.4, -0.2) is 70.6 Å². The van der Waals surface area contributed by atoms with Crippen molar-refractivity contribution in [1.82, 2.24) is 0 Å². The molecule has 2 aliphatic rings. The lowest BCUT2D eigenvalue weighted by Gasteiger charge is -2.49. The molecule has 0 spiro atoms. The monoisotopic (exact) mass is 708 g/mol. The molecule has 9 N–H and O–H groups in total. The highest BCUT2D eigenvalue weighted by Crippen LogP contribution is 2.54. The fourth-order valence-corrected chi connectivity index (χ4v) is 5.54. The number of allylic oxidation sites excluding steroid dienone is 5. The van der Waals surface area contributed by atoms with Gasteiger partial charge in [0.25, 0.3) is 0 Å². The highest BCUT2D eigenvalue weighted by Gasteiger charge is 2.48. The number of hydrogen-bond donors (Lipinski definition) is 9. The molecule has 0 amide bonds. The van der Waals surface area contributed by atoms with Gasteiger partial charge in [0.05, 0.1) is 25.2 Å². The van der Waals surface area contributed by atoms with Gasteiger partial charge in [0.2, 0.25) is 0 Å². The highest BCUT2D eigenvalue weighted by molar-refractivity contribution is 7.38. The first-order valence-electron chi connectivity index (χ1n) is 16.0. The molecule has 2 aliphatic carbocycles. The maximum atomic E-state index is 10.7. The van der Waals surface area contributed by atoms with Gasteiger partial charge in [-0.05, 0) is 62.6 Å². The van der Waals surface area contributed by atoms with E-state index in [0.29, 0.717) is 0 Å². The molecule has 0 aromatic rings. The molecule has 0 heterocycles. The van der Waals surface area contributed by atoms with Crippen LogP contribution in [0.25, 0.3) is 0 Å². The van der Waals surface area contributed by atoms with Crippen LogP contribution < -0.4 is 0 Å². The van der Waals surface area contributed by atoms with Gasteiger partial charge in [-0.3, -0.25) is 0 Å². The van der Waals surface area contributed by atoms with Crippen LogP contribution in [0, 0.1) is 37.9 Å². The van der Waals surface area contributed by atoms with Gasteiger partial charge in [0.15, 0.2) is 0 Å². The number of aliphatic hydroxyl groups excluding tert-OH is 3. The van der Waals surface area contributed by atoms with Crippen LogP contribution in [-0.2, 0) is 4.74 Å². The van der Waals surface area contributed by atoms with Crippen LogP contribution in [0.4, 0.5) is 0 Å². The number of aliphatic hydroxyl groups is 3. The van der Waals surface area contributed by atoms with Crippen LogP contribution in [0.2, 0.25) is 0 Å². The van der Waals surface area contributed by atoms with Crippen molar-refractivity contribution in [1.29, 1.82) is 0 Å². The summed E-state index contributed by atoms with van der Waals surface area (Å²) in [6, 6.07) is 0. The summed E-state index contributed by atoms with van der Waals surface area (Å²) in [5, 5.41) is 32.0. The molecule has 276 valence electrons. The average Bonchev–Trinajstić information content (AvgIpc) is 2.87. The van der Waals surface area contributed by atoms with E-state index in [0.717, 1.165) is 24.2 Å². The van der Waals surface area contributed by atoms with Crippen LogP contribution in [0.1, 0.15) is 110 Å². The average molecular weight is 709 g/mol. The summed E-state index contributed by atoms with van der Waals surface area (Å²) in [5.74, 6) is 0.785. The zero-order valence-corrected chi connectivity index (χ0v) is 33.0. The third kappa shape index (κ3) is 12.5. The van der Waals surface area contributed by atoms with Crippen LogP contribution in [0.15, 0.2) is 46.8 Å². The van der Waals surface area contributed by atoms with E-state index in [9.17, 15) is 15.3 Å². The van der Waals surface area contributed by atoms with Crippen LogP contribution in [0.3, 0.4) is 0 Å². The third-order valence-corrected chi connectivity index (χ3v) is 10.2. The van der Waals surface area contributed by atoms with E-state index in [4.69, 9.17) is 34.1 Å². The molecule has 0 aromatic heterocycles.